The van der Waals surface area contributed by atoms with Gasteiger partial charge in [-0.25, -0.2) is 4.79 Å². The summed E-state index contributed by atoms with van der Waals surface area (Å²) in [5, 5.41) is 15.4. The molecule has 1 saturated carbocycles. The average molecular weight is 331 g/mol. The minimum absolute atomic E-state index is 0.0136. The summed E-state index contributed by atoms with van der Waals surface area (Å²) < 4.78 is 0. The van der Waals surface area contributed by atoms with E-state index < -0.39 is 0 Å². The van der Waals surface area contributed by atoms with Gasteiger partial charge in [0.05, 0.1) is 6.61 Å². The number of aliphatic hydroxyl groups is 1. The smallest absolute Gasteiger partial charge is 0.315 e. The molecule has 1 heterocycles. The predicted octanol–water partition coefficient (Wildman–Crippen LogP) is 1.89. The van der Waals surface area contributed by atoms with Gasteiger partial charge in [-0.05, 0) is 44.2 Å². The van der Waals surface area contributed by atoms with Crippen LogP contribution in [0.25, 0.3) is 0 Å². The Morgan fingerprint density at radius 1 is 1.29 bits per heavy atom. The van der Waals surface area contributed by atoms with Crippen molar-refractivity contribution < 1.29 is 9.90 Å². The molecule has 132 valence electrons. The zero-order valence-electron chi connectivity index (χ0n) is 14.7. The zero-order valence-corrected chi connectivity index (χ0v) is 14.7. The number of rotatable bonds is 6. The highest BCUT2D eigenvalue weighted by molar-refractivity contribution is 5.74. The van der Waals surface area contributed by atoms with Crippen molar-refractivity contribution in [2.24, 2.45) is 5.41 Å². The van der Waals surface area contributed by atoms with Crippen LogP contribution in [-0.4, -0.2) is 47.8 Å². The van der Waals surface area contributed by atoms with Crippen LogP contribution in [0.15, 0.2) is 24.3 Å². The molecule has 0 bridgehead atoms. The molecule has 24 heavy (non-hydrogen) atoms. The van der Waals surface area contributed by atoms with E-state index >= 15 is 0 Å². The SMILES string of the molecule is CC(CNC(=O)NC(C)C1(CO)CC1)N1CCc2ccccc2C1. The van der Waals surface area contributed by atoms with E-state index in [2.05, 4.69) is 46.7 Å². The Hall–Kier alpha value is -1.59. The number of carbonyl (C=O) groups is 1. The molecule has 5 heteroatoms. The number of hydrogen-bond donors (Lipinski definition) is 3. The van der Waals surface area contributed by atoms with Crippen molar-refractivity contribution in [2.75, 3.05) is 19.7 Å². The number of benzene rings is 1. The molecule has 0 aromatic heterocycles. The fraction of sp³-hybridized carbons (Fsp3) is 0.632. The normalized spacial score (nSPS) is 21.5. The van der Waals surface area contributed by atoms with E-state index in [0.29, 0.717) is 12.6 Å². The Morgan fingerprint density at radius 3 is 2.67 bits per heavy atom. The first kappa shape index (κ1) is 17.2. The topological polar surface area (TPSA) is 64.6 Å². The summed E-state index contributed by atoms with van der Waals surface area (Å²) >= 11 is 0. The van der Waals surface area contributed by atoms with Gasteiger partial charge in [-0.15, -0.1) is 0 Å². The van der Waals surface area contributed by atoms with Gasteiger partial charge < -0.3 is 15.7 Å². The maximum Gasteiger partial charge on any atom is 0.315 e. The number of nitrogens with zero attached hydrogens (tertiary/aromatic N) is 1. The molecule has 1 aliphatic heterocycles. The van der Waals surface area contributed by atoms with Gasteiger partial charge in [0.15, 0.2) is 0 Å². The molecule has 3 N–H and O–H groups in total. The van der Waals surface area contributed by atoms with Gasteiger partial charge in [-0.2, -0.15) is 0 Å². The zero-order chi connectivity index (χ0) is 17.2. The van der Waals surface area contributed by atoms with Gasteiger partial charge in [0.25, 0.3) is 0 Å². The molecule has 1 aliphatic carbocycles. The summed E-state index contributed by atoms with van der Waals surface area (Å²) in [5.74, 6) is 0. The molecule has 5 nitrogen and oxygen atoms in total. The first-order valence-electron chi connectivity index (χ1n) is 9.00. The number of aliphatic hydroxyl groups excluding tert-OH is 1. The van der Waals surface area contributed by atoms with Gasteiger partial charge in [0.1, 0.15) is 0 Å². The van der Waals surface area contributed by atoms with E-state index in [9.17, 15) is 9.90 Å². The lowest BCUT2D eigenvalue weighted by Gasteiger charge is -2.34. The van der Waals surface area contributed by atoms with Gasteiger partial charge in [0.2, 0.25) is 0 Å². The average Bonchev–Trinajstić information content (AvgIpc) is 3.40. The van der Waals surface area contributed by atoms with Gasteiger partial charge in [-0.1, -0.05) is 24.3 Å². The van der Waals surface area contributed by atoms with Crippen molar-refractivity contribution >= 4 is 6.03 Å². The Morgan fingerprint density at radius 2 is 2.00 bits per heavy atom. The van der Waals surface area contributed by atoms with Crippen LogP contribution in [0.4, 0.5) is 4.79 Å². The molecular formula is C19H29N3O2. The monoisotopic (exact) mass is 331 g/mol. The first-order chi connectivity index (χ1) is 11.5. The number of amides is 2. The molecule has 1 aromatic rings. The number of nitrogens with one attached hydrogen (secondary N) is 2. The summed E-state index contributed by atoms with van der Waals surface area (Å²) in [6.07, 6.45) is 3.06. The fourth-order valence-electron chi connectivity index (χ4n) is 3.55. The third-order valence-electron chi connectivity index (χ3n) is 5.81. The summed E-state index contributed by atoms with van der Waals surface area (Å²) in [6.45, 7) is 6.91. The molecule has 2 aliphatic rings. The van der Waals surface area contributed by atoms with Crippen molar-refractivity contribution in [3.05, 3.63) is 35.4 Å². The summed E-state index contributed by atoms with van der Waals surface area (Å²) in [4.78, 5) is 14.5. The summed E-state index contributed by atoms with van der Waals surface area (Å²) in [5.41, 5.74) is 2.76. The van der Waals surface area contributed by atoms with E-state index in [4.69, 9.17) is 0 Å². The summed E-state index contributed by atoms with van der Waals surface area (Å²) in [7, 11) is 0. The second-order valence-electron chi connectivity index (χ2n) is 7.43. The van der Waals surface area contributed by atoms with Gasteiger partial charge in [-0.3, -0.25) is 4.90 Å². The Balaban J connectivity index is 1.44. The molecule has 2 atom stereocenters. The quantitative estimate of drug-likeness (QED) is 0.746. The largest absolute Gasteiger partial charge is 0.396 e. The molecule has 0 saturated heterocycles. The highest BCUT2D eigenvalue weighted by Gasteiger charge is 2.47. The van der Waals surface area contributed by atoms with Crippen LogP contribution in [0.3, 0.4) is 0 Å². The van der Waals surface area contributed by atoms with Crippen molar-refractivity contribution in [1.82, 2.24) is 15.5 Å². The van der Waals surface area contributed by atoms with Crippen LogP contribution in [0.2, 0.25) is 0 Å². The maximum atomic E-state index is 12.1. The van der Waals surface area contributed by atoms with E-state index in [1.165, 1.54) is 11.1 Å². The number of carbonyl (C=O) groups excluding carboxylic acids is 1. The Kier molecular flexibility index (Phi) is 5.11. The molecule has 0 spiro atoms. The molecular weight excluding hydrogens is 302 g/mol. The minimum Gasteiger partial charge on any atom is -0.396 e. The Bertz CT molecular complexity index is 586. The van der Waals surface area contributed by atoms with E-state index in [0.717, 1.165) is 32.4 Å². The molecule has 1 aromatic carbocycles. The Labute approximate surface area is 144 Å². The molecule has 2 unspecified atom stereocenters. The standard InChI is InChI=1S/C19H29N3O2/c1-14(22-10-7-16-5-3-4-6-17(16)12-22)11-20-18(24)21-15(2)19(13-23)8-9-19/h3-6,14-15,23H,7-13H2,1-2H3,(H2,20,21,24). The third-order valence-corrected chi connectivity index (χ3v) is 5.81. The molecule has 2 amide bonds. The second kappa shape index (κ2) is 7.11. The highest BCUT2D eigenvalue weighted by atomic mass is 16.3. The maximum absolute atomic E-state index is 12.1. The van der Waals surface area contributed by atoms with Crippen LogP contribution >= 0.6 is 0 Å². The minimum atomic E-state index is -0.133. The predicted molar refractivity (Wildman–Crippen MR) is 94.8 cm³/mol. The first-order valence-corrected chi connectivity index (χ1v) is 9.00. The number of fused-ring (bicyclic) bond motifs is 1. The van der Waals surface area contributed by atoms with Crippen molar-refractivity contribution in [3.63, 3.8) is 0 Å². The third kappa shape index (κ3) is 3.73. The van der Waals surface area contributed by atoms with Gasteiger partial charge >= 0.3 is 6.03 Å². The van der Waals surface area contributed by atoms with Crippen LogP contribution in [0.5, 0.6) is 0 Å². The molecule has 1 fully saturated rings. The second-order valence-corrected chi connectivity index (χ2v) is 7.43. The number of hydrogen-bond acceptors (Lipinski definition) is 3. The lowest BCUT2D eigenvalue weighted by Crippen LogP contribution is -2.50. The lowest BCUT2D eigenvalue weighted by atomic mass is 9.99. The summed E-state index contributed by atoms with van der Waals surface area (Å²) in [6, 6.07) is 8.77. The lowest BCUT2D eigenvalue weighted by molar-refractivity contribution is 0.170. The van der Waals surface area contributed by atoms with E-state index in [1.807, 2.05) is 6.92 Å². The number of urea groups is 1. The van der Waals surface area contributed by atoms with Crippen LogP contribution in [-0.2, 0) is 13.0 Å². The van der Waals surface area contributed by atoms with Crippen LogP contribution in [0.1, 0.15) is 37.8 Å². The van der Waals surface area contributed by atoms with E-state index in [1.54, 1.807) is 0 Å². The molecule has 0 radical (unpaired) electrons. The van der Waals surface area contributed by atoms with Crippen molar-refractivity contribution in [1.29, 1.82) is 0 Å². The van der Waals surface area contributed by atoms with Gasteiger partial charge in [0, 0.05) is 37.1 Å². The highest BCUT2D eigenvalue weighted by Crippen LogP contribution is 2.48. The fourth-order valence-corrected chi connectivity index (χ4v) is 3.55. The van der Waals surface area contributed by atoms with Crippen molar-refractivity contribution in [2.45, 2.75) is 51.7 Å². The van der Waals surface area contributed by atoms with Crippen molar-refractivity contribution in [3.8, 4) is 0 Å². The van der Waals surface area contributed by atoms with E-state index in [-0.39, 0.29) is 24.1 Å². The van der Waals surface area contributed by atoms with Crippen LogP contribution < -0.4 is 10.6 Å². The van der Waals surface area contributed by atoms with Crippen LogP contribution in [0, 0.1) is 5.41 Å². The molecule has 3 rings (SSSR count).